The number of rotatable bonds is 5. The molecule has 0 unspecified atom stereocenters. The Hall–Kier alpha value is -2.82. The van der Waals surface area contributed by atoms with Crippen LogP contribution in [0.5, 0.6) is 17.4 Å². The van der Waals surface area contributed by atoms with E-state index in [9.17, 15) is 0 Å². The monoisotopic (exact) mass is 269 g/mol. The third-order valence-electron chi connectivity index (χ3n) is 2.61. The number of ether oxygens (including phenoxy) is 2. The van der Waals surface area contributed by atoms with Crippen molar-refractivity contribution in [3.8, 4) is 17.4 Å². The summed E-state index contributed by atoms with van der Waals surface area (Å²) in [6.45, 7) is 0. The lowest BCUT2D eigenvalue weighted by atomic mass is 10.2. The molecule has 102 valence electrons. The molecule has 0 saturated carbocycles. The summed E-state index contributed by atoms with van der Waals surface area (Å²) < 4.78 is 10.7. The number of benzene rings is 1. The molecule has 5 heteroatoms. The number of nitrogens with zero attached hydrogens (tertiary/aromatic N) is 1. The van der Waals surface area contributed by atoms with Crippen molar-refractivity contribution in [2.75, 3.05) is 7.11 Å². The Morgan fingerprint density at radius 1 is 1.15 bits per heavy atom. The zero-order chi connectivity index (χ0) is 14.4. The molecule has 0 spiro atoms. The van der Waals surface area contributed by atoms with Crippen molar-refractivity contribution in [3.05, 3.63) is 54.2 Å². The van der Waals surface area contributed by atoms with Gasteiger partial charge < -0.3 is 20.6 Å². The van der Waals surface area contributed by atoms with Crippen LogP contribution in [-0.2, 0) is 0 Å². The lowest BCUT2D eigenvalue weighted by Crippen LogP contribution is -1.97. The number of nitrogens with two attached hydrogens (primary N) is 1. The second-order valence-corrected chi connectivity index (χ2v) is 3.95. The van der Waals surface area contributed by atoms with Crippen LogP contribution in [-0.4, -0.2) is 18.3 Å². The fourth-order valence-electron chi connectivity index (χ4n) is 1.56. The van der Waals surface area contributed by atoms with Gasteiger partial charge in [0.15, 0.2) is 0 Å². The van der Waals surface area contributed by atoms with Crippen LogP contribution in [0.2, 0.25) is 0 Å². The molecule has 0 atom stereocenters. The van der Waals surface area contributed by atoms with Gasteiger partial charge in [-0.1, -0.05) is 0 Å². The minimum Gasteiger partial charge on any atom is -0.497 e. The summed E-state index contributed by atoms with van der Waals surface area (Å²) in [7, 11) is 1.61. The molecule has 0 radical (unpaired) electrons. The molecule has 0 fully saturated rings. The number of pyridine rings is 1. The highest BCUT2D eigenvalue weighted by molar-refractivity contribution is 5.81. The highest BCUT2D eigenvalue weighted by Crippen LogP contribution is 2.22. The molecular weight excluding hydrogens is 254 g/mol. The fraction of sp³-hybridized carbons (Fsp3) is 0.0667. The Morgan fingerprint density at radius 2 is 1.85 bits per heavy atom. The molecule has 2 rings (SSSR count). The molecule has 0 bridgehead atoms. The van der Waals surface area contributed by atoms with E-state index >= 15 is 0 Å². The predicted octanol–water partition coefficient (Wildman–Crippen LogP) is 2.83. The number of hydrogen-bond acceptors (Lipinski definition) is 5. The van der Waals surface area contributed by atoms with Gasteiger partial charge in [-0.05, 0) is 36.4 Å². The molecule has 3 N–H and O–H groups in total. The maximum atomic E-state index is 6.97. The van der Waals surface area contributed by atoms with Crippen molar-refractivity contribution in [3.63, 3.8) is 0 Å². The summed E-state index contributed by atoms with van der Waals surface area (Å²) in [5.41, 5.74) is 6.99. The number of methoxy groups -OCH3 is 1. The van der Waals surface area contributed by atoms with Gasteiger partial charge in [0.1, 0.15) is 11.5 Å². The van der Waals surface area contributed by atoms with Crippen LogP contribution < -0.4 is 15.2 Å². The summed E-state index contributed by atoms with van der Waals surface area (Å²) >= 11 is 0. The Kier molecular flexibility index (Phi) is 4.34. The molecule has 1 heterocycles. The quantitative estimate of drug-likeness (QED) is 0.818. The zero-order valence-corrected chi connectivity index (χ0v) is 11.0. The number of aromatic nitrogens is 1. The molecule has 5 nitrogen and oxygen atoms in total. The third kappa shape index (κ3) is 3.35. The van der Waals surface area contributed by atoms with Gasteiger partial charge in [0.05, 0.1) is 7.11 Å². The van der Waals surface area contributed by atoms with Gasteiger partial charge in [-0.25, -0.2) is 4.98 Å². The van der Waals surface area contributed by atoms with Crippen molar-refractivity contribution in [1.29, 1.82) is 5.41 Å². The van der Waals surface area contributed by atoms with E-state index in [2.05, 4.69) is 4.98 Å². The SMILES string of the molecule is COc1ccc(Oc2ccc(/C(N)=C/C=N)cn2)cc1. The second kappa shape index (κ2) is 6.38. The molecule has 0 aliphatic carbocycles. The fourth-order valence-corrected chi connectivity index (χ4v) is 1.56. The van der Waals surface area contributed by atoms with Gasteiger partial charge in [0.25, 0.3) is 0 Å². The first-order valence-electron chi connectivity index (χ1n) is 5.97. The molecule has 20 heavy (non-hydrogen) atoms. The van der Waals surface area contributed by atoms with Gasteiger partial charge in [-0.3, -0.25) is 0 Å². The topological polar surface area (TPSA) is 81.2 Å². The summed E-state index contributed by atoms with van der Waals surface area (Å²) in [5.74, 6) is 1.92. The first kappa shape index (κ1) is 13.6. The minimum absolute atomic E-state index is 0.474. The third-order valence-corrected chi connectivity index (χ3v) is 2.61. The summed E-state index contributed by atoms with van der Waals surface area (Å²) in [4.78, 5) is 4.17. The van der Waals surface area contributed by atoms with Gasteiger partial charge in [0.2, 0.25) is 5.88 Å². The first-order chi connectivity index (χ1) is 9.72. The zero-order valence-electron chi connectivity index (χ0n) is 11.0. The lowest BCUT2D eigenvalue weighted by Gasteiger charge is -2.06. The van der Waals surface area contributed by atoms with E-state index in [4.69, 9.17) is 20.6 Å². The van der Waals surface area contributed by atoms with Crippen molar-refractivity contribution >= 4 is 11.9 Å². The van der Waals surface area contributed by atoms with Crippen LogP contribution in [0.1, 0.15) is 5.56 Å². The van der Waals surface area contributed by atoms with E-state index in [0.717, 1.165) is 17.5 Å². The van der Waals surface area contributed by atoms with Gasteiger partial charge >= 0.3 is 0 Å². The molecule has 2 aromatic rings. The van der Waals surface area contributed by atoms with Crippen LogP contribution in [0.3, 0.4) is 0 Å². The smallest absolute Gasteiger partial charge is 0.219 e. The summed E-state index contributed by atoms with van der Waals surface area (Å²) in [6.07, 6.45) is 4.24. The Labute approximate surface area is 117 Å². The highest BCUT2D eigenvalue weighted by atomic mass is 16.5. The van der Waals surface area contributed by atoms with Crippen LogP contribution in [0.15, 0.2) is 48.7 Å². The molecular formula is C15H15N3O2. The Balaban J connectivity index is 2.10. The van der Waals surface area contributed by atoms with Crippen molar-refractivity contribution in [2.24, 2.45) is 5.73 Å². The predicted molar refractivity (Wildman–Crippen MR) is 78.3 cm³/mol. The van der Waals surface area contributed by atoms with Gasteiger partial charge in [0, 0.05) is 29.7 Å². The first-order valence-corrected chi connectivity index (χ1v) is 5.97. The maximum Gasteiger partial charge on any atom is 0.219 e. The number of hydrogen-bond donors (Lipinski definition) is 2. The van der Waals surface area contributed by atoms with E-state index < -0.39 is 0 Å². The standard InChI is InChI=1S/C15H15N3O2/c1-19-12-3-5-13(6-4-12)20-15-7-2-11(10-18-15)14(17)8-9-16/h2-10,16H,17H2,1H3/b14-8-,16-9?. The highest BCUT2D eigenvalue weighted by Gasteiger charge is 2.01. The Morgan fingerprint density at radius 3 is 2.40 bits per heavy atom. The van der Waals surface area contributed by atoms with E-state index in [1.54, 1.807) is 37.6 Å². The summed E-state index contributed by atoms with van der Waals surface area (Å²) in [5, 5.41) is 6.97. The van der Waals surface area contributed by atoms with E-state index in [0.29, 0.717) is 17.3 Å². The van der Waals surface area contributed by atoms with Crippen molar-refractivity contribution < 1.29 is 9.47 Å². The van der Waals surface area contributed by atoms with Crippen LogP contribution in [0.4, 0.5) is 0 Å². The van der Waals surface area contributed by atoms with E-state index in [1.807, 2.05) is 12.1 Å². The average molecular weight is 269 g/mol. The average Bonchev–Trinajstić information content (AvgIpc) is 2.49. The normalized spacial score (nSPS) is 10.9. The van der Waals surface area contributed by atoms with Crippen LogP contribution in [0, 0.1) is 5.41 Å². The Bertz CT molecular complexity index is 604. The molecule has 0 aliphatic heterocycles. The van der Waals surface area contributed by atoms with Crippen LogP contribution >= 0.6 is 0 Å². The van der Waals surface area contributed by atoms with Crippen molar-refractivity contribution in [1.82, 2.24) is 4.98 Å². The second-order valence-electron chi connectivity index (χ2n) is 3.95. The maximum absolute atomic E-state index is 6.97. The number of nitrogens with one attached hydrogen (secondary N) is 1. The van der Waals surface area contributed by atoms with Crippen molar-refractivity contribution in [2.45, 2.75) is 0 Å². The van der Waals surface area contributed by atoms with E-state index in [1.165, 1.54) is 6.08 Å². The van der Waals surface area contributed by atoms with E-state index in [-0.39, 0.29) is 0 Å². The molecule has 0 amide bonds. The molecule has 0 saturated heterocycles. The largest absolute Gasteiger partial charge is 0.497 e. The number of allylic oxidation sites excluding steroid dienone is 1. The molecule has 1 aromatic carbocycles. The molecule has 0 aliphatic rings. The van der Waals surface area contributed by atoms with Crippen LogP contribution in [0.25, 0.3) is 5.70 Å². The van der Waals surface area contributed by atoms with Gasteiger partial charge in [-0.15, -0.1) is 0 Å². The van der Waals surface area contributed by atoms with Gasteiger partial charge in [-0.2, -0.15) is 0 Å². The summed E-state index contributed by atoms with van der Waals surface area (Å²) in [6, 6.07) is 10.8. The lowest BCUT2D eigenvalue weighted by molar-refractivity contribution is 0.412. The molecule has 1 aromatic heterocycles. The minimum atomic E-state index is 0.474.